The van der Waals surface area contributed by atoms with E-state index in [1.807, 2.05) is 6.92 Å². The van der Waals surface area contributed by atoms with Gasteiger partial charge in [0.1, 0.15) is 0 Å². The van der Waals surface area contributed by atoms with Crippen LogP contribution < -0.4 is 10.5 Å². The first-order valence-corrected chi connectivity index (χ1v) is 10.0. The van der Waals surface area contributed by atoms with Crippen molar-refractivity contribution in [2.24, 2.45) is 11.7 Å². The van der Waals surface area contributed by atoms with Gasteiger partial charge in [0, 0.05) is 12.6 Å². The standard InChI is InChI=1S/C15H32N2O4S/c1-2-3-9-17-22(20,21)15(19)14(18)11-13(16)10-12-7-5-4-6-8-12/h12-15,17-19H,2-11,16H2,1H3/t13-,14+,15+/m0/s1. The first-order valence-electron chi connectivity index (χ1n) is 8.47. The van der Waals surface area contributed by atoms with Gasteiger partial charge < -0.3 is 15.9 Å². The summed E-state index contributed by atoms with van der Waals surface area (Å²) in [6.07, 6.45) is 7.12. The zero-order valence-electron chi connectivity index (χ0n) is 13.6. The topological polar surface area (TPSA) is 113 Å². The van der Waals surface area contributed by atoms with Crippen LogP contribution in [0.2, 0.25) is 0 Å². The molecule has 3 atom stereocenters. The van der Waals surface area contributed by atoms with E-state index < -0.39 is 21.6 Å². The molecule has 0 aliphatic heterocycles. The summed E-state index contributed by atoms with van der Waals surface area (Å²) < 4.78 is 26.0. The smallest absolute Gasteiger partial charge is 0.241 e. The molecule has 0 heterocycles. The van der Waals surface area contributed by atoms with Crippen molar-refractivity contribution in [1.82, 2.24) is 4.72 Å². The second-order valence-electron chi connectivity index (χ2n) is 6.49. The number of aliphatic hydroxyl groups is 2. The molecule has 0 aromatic rings. The third-order valence-corrected chi connectivity index (χ3v) is 5.94. The lowest BCUT2D eigenvalue weighted by Gasteiger charge is -2.26. The maximum Gasteiger partial charge on any atom is 0.241 e. The molecule has 1 aliphatic rings. The average molecular weight is 336 g/mol. The number of aliphatic hydroxyl groups excluding tert-OH is 2. The third-order valence-electron chi connectivity index (χ3n) is 4.39. The van der Waals surface area contributed by atoms with Crippen molar-refractivity contribution in [2.45, 2.75) is 82.3 Å². The van der Waals surface area contributed by atoms with E-state index in [1.54, 1.807) is 0 Å². The largest absolute Gasteiger partial charge is 0.389 e. The highest BCUT2D eigenvalue weighted by molar-refractivity contribution is 7.89. The highest BCUT2D eigenvalue weighted by Crippen LogP contribution is 2.28. The van der Waals surface area contributed by atoms with E-state index >= 15 is 0 Å². The zero-order valence-corrected chi connectivity index (χ0v) is 14.4. The van der Waals surface area contributed by atoms with Crippen LogP contribution in [0.5, 0.6) is 0 Å². The van der Waals surface area contributed by atoms with Crippen molar-refractivity contribution in [1.29, 1.82) is 0 Å². The second kappa shape index (κ2) is 9.82. The number of unbranched alkanes of at least 4 members (excludes halogenated alkanes) is 1. The van der Waals surface area contributed by atoms with Gasteiger partial charge in [0.05, 0.1) is 6.10 Å². The van der Waals surface area contributed by atoms with Gasteiger partial charge in [0.15, 0.2) is 5.44 Å². The van der Waals surface area contributed by atoms with Gasteiger partial charge in [0.2, 0.25) is 10.0 Å². The van der Waals surface area contributed by atoms with Crippen molar-refractivity contribution in [3.05, 3.63) is 0 Å². The fraction of sp³-hybridized carbons (Fsp3) is 1.00. The monoisotopic (exact) mass is 336 g/mol. The lowest BCUT2D eigenvalue weighted by Crippen LogP contribution is -2.44. The van der Waals surface area contributed by atoms with E-state index in [4.69, 9.17) is 5.73 Å². The maximum absolute atomic E-state index is 11.9. The van der Waals surface area contributed by atoms with Gasteiger partial charge in [-0.25, -0.2) is 13.1 Å². The Kier molecular flexibility index (Phi) is 8.86. The molecule has 1 fully saturated rings. The number of rotatable bonds is 10. The summed E-state index contributed by atoms with van der Waals surface area (Å²) in [4.78, 5) is 0. The van der Waals surface area contributed by atoms with Crippen molar-refractivity contribution in [3.8, 4) is 0 Å². The van der Waals surface area contributed by atoms with Crippen molar-refractivity contribution >= 4 is 10.0 Å². The molecule has 5 N–H and O–H groups in total. The van der Waals surface area contributed by atoms with Gasteiger partial charge in [-0.15, -0.1) is 0 Å². The minimum Gasteiger partial charge on any atom is -0.389 e. The van der Waals surface area contributed by atoms with Crippen LogP contribution in [0.4, 0.5) is 0 Å². The summed E-state index contributed by atoms with van der Waals surface area (Å²) in [6, 6.07) is -0.279. The Morgan fingerprint density at radius 2 is 1.86 bits per heavy atom. The molecule has 1 aliphatic carbocycles. The number of hydrogen-bond acceptors (Lipinski definition) is 5. The van der Waals surface area contributed by atoms with Crippen molar-refractivity contribution < 1.29 is 18.6 Å². The predicted molar refractivity (Wildman–Crippen MR) is 87.6 cm³/mol. The molecule has 0 unspecified atom stereocenters. The van der Waals surface area contributed by atoms with Crippen molar-refractivity contribution in [3.63, 3.8) is 0 Å². The molecule has 7 heteroatoms. The summed E-state index contributed by atoms with van der Waals surface area (Å²) in [6.45, 7) is 2.22. The van der Waals surface area contributed by atoms with Gasteiger partial charge in [-0.05, 0) is 25.2 Å². The first kappa shape index (κ1) is 19.8. The molecule has 0 bridgehead atoms. The fourth-order valence-corrected chi connectivity index (χ4v) is 4.18. The normalized spacial score (nSPS) is 21.5. The number of sulfonamides is 1. The SMILES string of the molecule is CCCCNS(=O)(=O)[C@@H](O)[C@H](O)C[C@@H](N)CC1CCCCC1. The maximum atomic E-state index is 11.9. The molecular formula is C15H32N2O4S. The van der Waals surface area contributed by atoms with Gasteiger partial charge in [0.25, 0.3) is 0 Å². The summed E-state index contributed by atoms with van der Waals surface area (Å²) in [7, 11) is -3.91. The quantitative estimate of drug-likeness (QED) is 0.446. The highest BCUT2D eigenvalue weighted by Gasteiger charge is 2.31. The molecule has 0 aromatic heterocycles. The van der Waals surface area contributed by atoms with Crippen LogP contribution in [0.15, 0.2) is 0 Å². The van der Waals surface area contributed by atoms with Crippen LogP contribution in [-0.2, 0) is 10.0 Å². The van der Waals surface area contributed by atoms with E-state index in [2.05, 4.69) is 4.72 Å². The fourth-order valence-electron chi connectivity index (χ4n) is 3.06. The van der Waals surface area contributed by atoms with Crippen LogP contribution in [0.3, 0.4) is 0 Å². The van der Waals surface area contributed by atoms with E-state index in [0.29, 0.717) is 12.3 Å². The van der Waals surface area contributed by atoms with E-state index in [1.165, 1.54) is 19.3 Å². The number of nitrogens with one attached hydrogen (secondary N) is 1. The molecular weight excluding hydrogens is 304 g/mol. The first-order chi connectivity index (χ1) is 10.4. The molecule has 6 nitrogen and oxygen atoms in total. The summed E-state index contributed by atoms with van der Waals surface area (Å²) in [5.74, 6) is 0.562. The Morgan fingerprint density at radius 3 is 2.45 bits per heavy atom. The third kappa shape index (κ3) is 6.91. The van der Waals surface area contributed by atoms with Crippen LogP contribution in [0.25, 0.3) is 0 Å². The average Bonchev–Trinajstić information content (AvgIpc) is 2.47. The summed E-state index contributed by atoms with van der Waals surface area (Å²) in [5, 5.41) is 19.8. The Hall–Kier alpha value is -0.210. The lowest BCUT2D eigenvalue weighted by atomic mass is 9.84. The van der Waals surface area contributed by atoms with Crippen LogP contribution in [0.1, 0.15) is 64.7 Å². The lowest BCUT2D eigenvalue weighted by molar-refractivity contribution is 0.0533. The summed E-state index contributed by atoms with van der Waals surface area (Å²) >= 11 is 0. The Balaban J connectivity index is 2.39. The van der Waals surface area contributed by atoms with Gasteiger partial charge in [-0.1, -0.05) is 45.4 Å². The minimum atomic E-state index is -3.91. The molecule has 0 aromatic carbocycles. The molecule has 132 valence electrons. The number of nitrogens with two attached hydrogens (primary N) is 1. The van der Waals surface area contributed by atoms with E-state index in [0.717, 1.165) is 25.7 Å². The van der Waals surface area contributed by atoms with Gasteiger partial charge >= 0.3 is 0 Å². The Labute approximate surface area is 134 Å². The molecule has 22 heavy (non-hydrogen) atoms. The van der Waals surface area contributed by atoms with Crippen LogP contribution >= 0.6 is 0 Å². The zero-order chi connectivity index (χ0) is 16.6. The van der Waals surface area contributed by atoms with Crippen LogP contribution in [0, 0.1) is 5.92 Å². The molecule has 0 saturated heterocycles. The summed E-state index contributed by atoms with van der Waals surface area (Å²) in [5.41, 5.74) is 4.20. The van der Waals surface area contributed by atoms with Crippen molar-refractivity contribution in [2.75, 3.05) is 6.54 Å². The number of hydrogen-bond donors (Lipinski definition) is 4. The predicted octanol–water partition coefficient (Wildman–Crippen LogP) is 1.07. The molecule has 0 radical (unpaired) electrons. The molecule has 1 rings (SSSR count). The van der Waals surface area contributed by atoms with E-state index in [9.17, 15) is 18.6 Å². The molecule has 1 saturated carbocycles. The molecule has 0 amide bonds. The van der Waals surface area contributed by atoms with Gasteiger partial charge in [-0.3, -0.25) is 0 Å². The van der Waals surface area contributed by atoms with Gasteiger partial charge in [-0.2, -0.15) is 0 Å². The van der Waals surface area contributed by atoms with Crippen LogP contribution in [-0.4, -0.2) is 42.8 Å². The minimum absolute atomic E-state index is 0.104. The molecule has 0 spiro atoms. The highest BCUT2D eigenvalue weighted by atomic mass is 32.2. The Morgan fingerprint density at radius 1 is 1.23 bits per heavy atom. The van der Waals surface area contributed by atoms with E-state index in [-0.39, 0.29) is 19.0 Å². The second-order valence-corrected chi connectivity index (χ2v) is 8.35. The Bertz CT molecular complexity index is 396.